The van der Waals surface area contributed by atoms with Crippen molar-refractivity contribution in [3.8, 4) is 0 Å². The molecule has 2 bridgehead atoms. The molecule has 0 spiro atoms. The number of ether oxygens (including phenoxy) is 1. The third-order valence-electron chi connectivity index (χ3n) is 3.54. The van der Waals surface area contributed by atoms with Crippen LogP contribution in [0, 0.1) is 0 Å². The topological polar surface area (TPSA) is 44.7 Å². The molecule has 3 unspecified atom stereocenters. The van der Waals surface area contributed by atoms with Gasteiger partial charge in [0.25, 0.3) is 0 Å². The number of nitrogens with zero attached hydrogens (tertiary/aromatic N) is 1. The van der Waals surface area contributed by atoms with Crippen LogP contribution in [0.15, 0.2) is 0 Å². The molecule has 88 valence electrons. The van der Waals surface area contributed by atoms with Crippen LogP contribution in [0.1, 0.15) is 19.3 Å². The molecule has 2 fully saturated rings. The first-order chi connectivity index (χ1) is 7.31. The van der Waals surface area contributed by atoms with Crippen molar-refractivity contribution in [2.75, 3.05) is 33.3 Å². The van der Waals surface area contributed by atoms with Crippen LogP contribution in [0.25, 0.3) is 0 Å². The van der Waals surface area contributed by atoms with Crippen molar-refractivity contribution in [2.24, 2.45) is 0 Å². The van der Waals surface area contributed by atoms with Crippen LogP contribution in [-0.2, 0) is 4.74 Å². The van der Waals surface area contributed by atoms with Crippen LogP contribution in [-0.4, -0.2) is 61.5 Å². The van der Waals surface area contributed by atoms with Crippen LogP contribution >= 0.6 is 0 Å². The summed E-state index contributed by atoms with van der Waals surface area (Å²) >= 11 is 0. The predicted molar refractivity (Wildman–Crippen MR) is 58.9 cm³/mol. The molecule has 2 rings (SSSR count). The average molecular weight is 214 g/mol. The molecule has 0 aromatic heterocycles. The molecule has 0 aromatic carbocycles. The van der Waals surface area contributed by atoms with E-state index in [1.165, 1.54) is 12.8 Å². The quantitative estimate of drug-likeness (QED) is 0.666. The molecule has 2 aliphatic heterocycles. The highest BCUT2D eigenvalue weighted by Crippen LogP contribution is 2.26. The van der Waals surface area contributed by atoms with E-state index >= 15 is 0 Å². The fraction of sp³-hybridized carbons (Fsp3) is 1.00. The highest BCUT2D eigenvalue weighted by Gasteiger charge is 2.33. The van der Waals surface area contributed by atoms with Crippen LogP contribution in [0.5, 0.6) is 0 Å². The van der Waals surface area contributed by atoms with Gasteiger partial charge in [0.1, 0.15) is 0 Å². The van der Waals surface area contributed by atoms with Crippen molar-refractivity contribution in [1.82, 2.24) is 10.2 Å². The SMILES string of the molecule is CNC(CO)CCN1CC2CCC(C1)O2. The summed E-state index contributed by atoms with van der Waals surface area (Å²) in [6, 6.07) is 0.241. The average Bonchev–Trinajstić information content (AvgIpc) is 2.60. The first-order valence-electron chi connectivity index (χ1n) is 5.97. The molecule has 0 saturated carbocycles. The Kier molecular flexibility index (Phi) is 3.97. The van der Waals surface area contributed by atoms with Gasteiger partial charge in [0, 0.05) is 19.1 Å². The molecule has 0 radical (unpaired) electrons. The lowest BCUT2D eigenvalue weighted by molar-refractivity contribution is -0.0393. The smallest absolute Gasteiger partial charge is 0.0707 e. The number of aliphatic hydroxyl groups excluding tert-OH is 1. The Morgan fingerprint density at radius 3 is 2.60 bits per heavy atom. The number of nitrogens with one attached hydrogen (secondary N) is 1. The van der Waals surface area contributed by atoms with Crippen molar-refractivity contribution < 1.29 is 9.84 Å². The molecule has 15 heavy (non-hydrogen) atoms. The monoisotopic (exact) mass is 214 g/mol. The highest BCUT2D eigenvalue weighted by molar-refractivity contribution is 4.85. The van der Waals surface area contributed by atoms with Crippen molar-refractivity contribution in [2.45, 2.75) is 37.5 Å². The number of likely N-dealkylation sites (tertiary alicyclic amines) is 1. The normalized spacial score (nSPS) is 33.2. The molecule has 4 heteroatoms. The number of hydrogen-bond donors (Lipinski definition) is 2. The maximum absolute atomic E-state index is 9.07. The van der Waals surface area contributed by atoms with Crippen LogP contribution < -0.4 is 5.32 Å². The first kappa shape index (κ1) is 11.3. The minimum Gasteiger partial charge on any atom is -0.395 e. The largest absolute Gasteiger partial charge is 0.395 e. The number of likely N-dealkylation sites (N-methyl/N-ethyl adjacent to an activating group) is 1. The number of aliphatic hydroxyl groups is 1. The van der Waals surface area contributed by atoms with Crippen molar-refractivity contribution in [3.05, 3.63) is 0 Å². The predicted octanol–water partition coefficient (Wildman–Crippen LogP) is -0.180. The Balaban J connectivity index is 1.71. The zero-order valence-electron chi connectivity index (χ0n) is 9.48. The molecule has 2 N–H and O–H groups in total. The van der Waals surface area contributed by atoms with E-state index in [1.807, 2.05) is 7.05 Å². The van der Waals surface area contributed by atoms with Crippen LogP contribution in [0.4, 0.5) is 0 Å². The second-order valence-corrected chi connectivity index (χ2v) is 4.67. The molecule has 4 nitrogen and oxygen atoms in total. The van der Waals surface area contributed by atoms with E-state index in [1.54, 1.807) is 0 Å². The van der Waals surface area contributed by atoms with Gasteiger partial charge in [-0.05, 0) is 32.9 Å². The first-order valence-corrected chi connectivity index (χ1v) is 5.97. The summed E-state index contributed by atoms with van der Waals surface area (Å²) in [6.45, 7) is 3.47. The summed E-state index contributed by atoms with van der Waals surface area (Å²) in [5.74, 6) is 0. The zero-order chi connectivity index (χ0) is 10.7. The molecule has 0 aromatic rings. The van der Waals surface area contributed by atoms with Gasteiger partial charge in [-0.1, -0.05) is 0 Å². The van der Waals surface area contributed by atoms with Gasteiger partial charge in [0.05, 0.1) is 18.8 Å². The van der Waals surface area contributed by atoms with Gasteiger partial charge in [0.2, 0.25) is 0 Å². The zero-order valence-corrected chi connectivity index (χ0v) is 9.48. The lowest BCUT2D eigenvalue weighted by Crippen LogP contribution is -2.44. The Bertz CT molecular complexity index is 185. The lowest BCUT2D eigenvalue weighted by Gasteiger charge is -2.32. The summed E-state index contributed by atoms with van der Waals surface area (Å²) in [5.41, 5.74) is 0. The summed E-state index contributed by atoms with van der Waals surface area (Å²) < 4.78 is 5.78. The summed E-state index contributed by atoms with van der Waals surface area (Å²) in [5, 5.41) is 12.2. The Morgan fingerprint density at radius 1 is 1.40 bits per heavy atom. The Morgan fingerprint density at radius 2 is 2.07 bits per heavy atom. The maximum atomic E-state index is 9.07. The Hall–Kier alpha value is -0.160. The van der Waals surface area contributed by atoms with E-state index in [0.717, 1.165) is 26.1 Å². The van der Waals surface area contributed by atoms with Gasteiger partial charge in [-0.25, -0.2) is 0 Å². The fourth-order valence-electron chi connectivity index (χ4n) is 2.55. The molecule has 2 aliphatic rings. The number of rotatable bonds is 5. The second kappa shape index (κ2) is 5.25. The van der Waals surface area contributed by atoms with Crippen molar-refractivity contribution in [3.63, 3.8) is 0 Å². The van der Waals surface area contributed by atoms with E-state index in [0.29, 0.717) is 12.2 Å². The third kappa shape index (κ3) is 2.91. The number of fused-ring (bicyclic) bond motifs is 2. The molecule has 2 heterocycles. The minimum atomic E-state index is 0.230. The summed E-state index contributed by atoms with van der Waals surface area (Å²) in [6.07, 6.45) is 4.44. The minimum absolute atomic E-state index is 0.230. The van der Waals surface area contributed by atoms with E-state index < -0.39 is 0 Å². The fourth-order valence-corrected chi connectivity index (χ4v) is 2.55. The Labute approximate surface area is 91.6 Å². The van der Waals surface area contributed by atoms with Gasteiger partial charge in [-0.15, -0.1) is 0 Å². The van der Waals surface area contributed by atoms with E-state index in [-0.39, 0.29) is 12.6 Å². The van der Waals surface area contributed by atoms with E-state index in [9.17, 15) is 0 Å². The van der Waals surface area contributed by atoms with E-state index in [2.05, 4.69) is 10.2 Å². The third-order valence-corrected chi connectivity index (χ3v) is 3.54. The molecule has 0 aliphatic carbocycles. The van der Waals surface area contributed by atoms with Crippen LogP contribution in [0.2, 0.25) is 0 Å². The lowest BCUT2D eigenvalue weighted by atomic mass is 10.2. The van der Waals surface area contributed by atoms with Gasteiger partial charge in [-0.3, -0.25) is 4.90 Å². The van der Waals surface area contributed by atoms with Gasteiger partial charge >= 0.3 is 0 Å². The van der Waals surface area contributed by atoms with Gasteiger partial charge in [0.15, 0.2) is 0 Å². The molecule has 3 atom stereocenters. The highest BCUT2D eigenvalue weighted by atomic mass is 16.5. The standard InChI is InChI=1S/C11H22N2O2/c1-12-9(8-14)4-5-13-6-10-2-3-11(7-13)15-10/h9-12,14H,2-8H2,1H3. The van der Waals surface area contributed by atoms with Gasteiger partial charge in [-0.2, -0.15) is 0 Å². The molecular formula is C11H22N2O2. The summed E-state index contributed by atoms with van der Waals surface area (Å²) in [7, 11) is 1.91. The van der Waals surface area contributed by atoms with E-state index in [4.69, 9.17) is 9.84 Å². The molecule has 0 amide bonds. The summed E-state index contributed by atoms with van der Waals surface area (Å²) in [4.78, 5) is 2.48. The van der Waals surface area contributed by atoms with Crippen LogP contribution in [0.3, 0.4) is 0 Å². The number of hydrogen-bond acceptors (Lipinski definition) is 4. The number of morpholine rings is 1. The van der Waals surface area contributed by atoms with Gasteiger partial charge < -0.3 is 15.2 Å². The molecule has 2 saturated heterocycles. The maximum Gasteiger partial charge on any atom is 0.0707 e. The van der Waals surface area contributed by atoms with Crippen molar-refractivity contribution in [1.29, 1.82) is 0 Å². The van der Waals surface area contributed by atoms with Crippen molar-refractivity contribution >= 4 is 0 Å². The molecular weight excluding hydrogens is 192 g/mol. The second-order valence-electron chi connectivity index (χ2n) is 4.67.